The van der Waals surface area contributed by atoms with Crippen LogP contribution in [0.2, 0.25) is 5.02 Å². The minimum Gasteiger partial charge on any atom is -0.484 e. The minimum atomic E-state index is -3.84. The van der Waals surface area contributed by atoms with E-state index in [1.807, 2.05) is 6.92 Å². The molecule has 1 amide bonds. The molecule has 2 N–H and O–H groups in total. The van der Waals surface area contributed by atoms with E-state index >= 15 is 0 Å². The quantitative estimate of drug-likeness (QED) is 0.369. The second-order valence-electron chi connectivity index (χ2n) is 8.77. The van der Waals surface area contributed by atoms with Crippen molar-refractivity contribution in [1.29, 1.82) is 0 Å². The van der Waals surface area contributed by atoms with Gasteiger partial charge in [-0.05, 0) is 66.6 Å². The molecule has 0 aromatic heterocycles. The number of nitrogens with zero attached hydrogens (tertiary/aromatic N) is 1. The lowest BCUT2D eigenvalue weighted by Crippen LogP contribution is -2.40. The van der Waals surface area contributed by atoms with Gasteiger partial charge >= 0.3 is 0 Å². The first kappa shape index (κ1) is 28.8. The lowest BCUT2D eigenvalue weighted by atomic mass is 10.2. The third kappa shape index (κ3) is 7.49. The van der Waals surface area contributed by atoms with Gasteiger partial charge in [0.05, 0.1) is 28.7 Å². The Kier molecular flexibility index (Phi) is 9.13. The maximum atomic E-state index is 12.7. The fraction of sp³-hybridized carbons (Fsp3) is 0.269. The smallest absolute Gasteiger partial charge is 0.261 e. The van der Waals surface area contributed by atoms with Crippen molar-refractivity contribution < 1.29 is 31.1 Å². The second kappa shape index (κ2) is 12.3. The monoisotopic (exact) mass is 593 g/mol. The summed E-state index contributed by atoms with van der Waals surface area (Å²) in [4.78, 5) is 12.4. The molecule has 1 aliphatic rings. The average molecular weight is 594 g/mol. The predicted octanol–water partition coefficient (Wildman–Crippen LogP) is 3.17. The number of aryl methyl sites for hydroxylation is 1. The van der Waals surface area contributed by atoms with Crippen molar-refractivity contribution in [3.63, 3.8) is 0 Å². The van der Waals surface area contributed by atoms with Crippen molar-refractivity contribution in [2.75, 3.05) is 37.6 Å². The van der Waals surface area contributed by atoms with Crippen LogP contribution in [-0.2, 0) is 36.1 Å². The van der Waals surface area contributed by atoms with E-state index < -0.39 is 26.0 Å². The normalized spacial score (nSPS) is 14.5. The molecule has 1 saturated heterocycles. The molecule has 3 aromatic carbocycles. The number of nitrogens with one attached hydrogen (secondary N) is 2. The number of morpholine rings is 1. The molecular weight excluding hydrogens is 566 g/mol. The van der Waals surface area contributed by atoms with Crippen LogP contribution in [0.3, 0.4) is 0 Å². The summed E-state index contributed by atoms with van der Waals surface area (Å²) in [6, 6.07) is 16.8. The molecule has 0 saturated carbocycles. The van der Waals surface area contributed by atoms with E-state index in [0.29, 0.717) is 42.8 Å². The van der Waals surface area contributed by atoms with Crippen molar-refractivity contribution in [1.82, 2.24) is 9.62 Å². The Morgan fingerprint density at radius 2 is 1.59 bits per heavy atom. The van der Waals surface area contributed by atoms with Gasteiger partial charge in [-0.1, -0.05) is 29.8 Å². The number of ether oxygens (including phenoxy) is 2. The zero-order valence-electron chi connectivity index (χ0n) is 21.1. The summed E-state index contributed by atoms with van der Waals surface area (Å²) in [6.07, 6.45) is 0. The van der Waals surface area contributed by atoms with Gasteiger partial charge in [-0.15, -0.1) is 0 Å². The summed E-state index contributed by atoms with van der Waals surface area (Å²) in [5.74, 6) is -0.0743. The second-order valence-corrected chi connectivity index (χ2v) is 12.8. The van der Waals surface area contributed by atoms with Crippen molar-refractivity contribution in [3.8, 4) is 5.75 Å². The lowest BCUT2D eigenvalue weighted by molar-refractivity contribution is -0.123. The van der Waals surface area contributed by atoms with Crippen molar-refractivity contribution >= 4 is 43.2 Å². The Labute approximate surface area is 233 Å². The molecule has 0 unspecified atom stereocenters. The fourth-order valence-electron chi connectivity index (χ4n) is 3.70. The molecule has 0 atom stereocenters. The number of amides is 1. The highest BCUT2D eigenvalue weighted by Gasteiger charge is 2.26. The van der Waals surface area contributed by atoms with Crippen LogP contribution in [0.5, 0.6) is 5.75 Å². The topological polar surface area (TPSA) is 131 Å². The molecule has 0 bridgehead atoms. The number of sulfonamides is 2. The van der Waals surface area contributed by atoms with Crippen LogP contribution in [0, 0.1) is 6.92 Å². The van der Waals surface area contributed by atoms with Crippen LogP contribution < -0.4 is 14.8 Å². The molecule has 3 aromatic rings. The van der Waals surface area contributed by atoms with Crippen molar-refractivity contribution in [2.45, 2.75) is 23.3 Å². The number of rotatable bonds is 10. The highest BCUT2D eigenvalue weighted by Crippen LogP contribution is 2.24. The van der Waals surface area contributed by atoms with E-state index in [-0.39, 0.29) is 22.9 Å². The predicted molar refractivity (Wildman–Crippen MR) is 147 cm³/mol. The van der Waals surface area contributed by atoms with Gasteiger partial charge in [0.1, 0.15) is 5.75 Å². The molecule has 10 nitrogen and oxygen atoms in total. The highest BCUT2D eigenvalue weighted by atomic mass is 35.5. The van der Waals surface area contributed by atoms with E-state index in [0.717, 1.165) is 11.1 Å². The standard InChI is InChI=1S/C26H28ClN3O7S2/c1-19-2-5-21(16-25(19)27)29-38(32,33)23-10-6-22(7-11-23)37-18-26(31)28-17-20-3-8-24(9-4-20)39(34,35)30-12-14-36-15-13-30/h2-11,16,29H,12-15,17-18H2,1H3,(H,28,31). The lowest BCUT2D eigenvalue weighted by Gasteiger charge is -2.26. The highest BCUT2D eigenvalue weighted by molar-refractivity contribution is 7.92. The first-order valence-electron chi connectivity index (χ1n) is 12.0. The molecule has 1 fully saturated rings. The summed E-state index contributed by atoms with van der Waals surface area (Å²) in [7, 11) is -7.42. The summed E-state index contributed by atoms with van der Waals surface area (Å²) in [5, 5.41) is 3.16. The average Bonchev–Trinajstić information content (AvgIpc) is 2.93. The van der Waals surface area contributed by atoms with Crippen LogP contribution in [0.1, 0.15) is 11.1 Å². The molecule has 0 radical (unpaired) electrons. The summed E-state index contributed by atoms with van der Waals surface area (Å²) in [5.41, 5.74) is 1.90. The number of carbonyl (C=O) groups is 1. The van der Waals surface area contributed by atoms with Crippen LogP contribution in [0.15, 0.2) is 76.5 Å². The first-order valence-corrected chi connectivity index (χ1v) is 15.3. The number of halogens is 1. The first-order chi connectivity index (χ1) is 18.5. The Bertz CT molecular complexity index is 1520. The number of carbonyl (C=O) groups excluding carboxylic acids is 1. The van der Waals surface area contributed by atoms with E-state index in [9.17, 15) is 21.6 Å². The SMILES string of the molecule is Cc1ccc(NS(=O)(=O)c2ccc(OCC(=O)NCc3ccc(S(=O)(=O)N4CCOCC4)cc3)cc2)cc1Cl. The van der Waals surface area contributed by atoms with Gasteiger partial charge in [-0.2, -0.15) is 4.31 Å². The van der Waals surface area contributed by atoms with Crippen LogP contribution in [-0.4, -0.2) is 60.0 Å². The fourth-order valence-corrected chi connectivity index (χ4v) is 6.34. The largest absolute Gasteiger partial charge is 0.484 e. The van der Waals surface area contributed by atoms with Crippen molar-refractivity contribution in [3.05, 3.63) is 82.9 Å². The van der Waals surface area contributed by atoms with Gasteiger partial charge in [0.15, 0.2) is 6.61 Å². The number of anilines is 1. The van der Waals surface area contributed by atoms with Gasteiger partial charge in [0.2, 0.25) is 10.0 Å². The zero-order chi connectivity index (χ0) is 28.0. The third-order valence-electron chi connectivity index (χ3n) is 5.95. The van der Waals surface area contributed by atoms with Crippen LogP contribution >= 0.6 is 11.6 Å². The molecule has 1 heterocycles. The molecule has 13 heteroatoms. The van der Waals surface area contributed by atoms with Crippen molar-refractivity contribution in [2.24, 2.45) is 0 Å². The van der Waals surface area contributed by atoms with Gasteiger partial charge < -0.3 is 14.8 Å². The summed E-state index contributed by atoms with van der Waals surface area (Å²) >= 11 is 6.07. The Hall–Kier alpha value is -3.16. The summed E-state index contributed by atoms with van der Waals surface area (Å²) < 4.78 is 65.3. The molecule has 4 rings (SSSR count). The van der Waals surface area contributed by atoms with Crippen LogP contribution in [0.4, 0.5) is 5.69 Å². The van der Waals surface area contributed by atoms with Gasteiger partial charge in [0, 0.05) is 24.7 Å². The van der Waals surface area contributed by atoms with Gasteiger partial charge in [0.25, 0.3) is 15.9 Å². The van der Waals surface area contributed by atoms with Gasteiger partial charge in [-0.25, -0.2) is 16.8 Å². The van der Waals surface area contributed by atoms with E-state index in [2.05, 4.69) is 10.0 Å². The van der Waals surface area contributed by atoms with Gasteiger partial charge in [-0.3, -0.25) is 9.52 Å². The van der Waals surface area contributed by atoms with E-state index in [1.165, 1.54) is 46.8 Å². The maximum Gasteiger partial charge on any atom is 0.261 e. The third-order valence-corrected chi connectivity index (χ3v) is 9.67. The summed E-state index contributed by atoms with van der Waals surface area (Å²) in [6.45, 7) is 3.10. The number of hydrogen-bond acceptors (Lipinski definition) is 7. The number of benzene rings is 3. The molecule has 0 aliphatic carbocycles. The van der Waals surface area contributed by atoms with E-state index in [1.54, 1.807) is 24.3 Å². The van der Waals surface area contributed by atoms with E-state index in [4.69, 9.17) is 21.1 Å². The minimum absolute atomic E-state index is 0.0232. The molecule has 208 valence electrons. The molecule has 39 heavy (non-hydrogen) atoms. The molecular formula is C26H28ClN3O7S2. The zero-order valence-corrected chi connectivity index (χ0v) is 23.5. The maximum absolute atomic E-state index is 12.7. The molecule has 1 aliphatic heterocycles. The Balaban J connectivity index is 1.26. The Morgan fingerprint density at radius 1 is 0.949 bits per heavy atom. The van der Waals surface area contributed by atoms with Crippen LogP contribution in [0.25, 0.3) is 0 Å². The molecule has 0 spiro atoms. The Morgan fingerprint density at radius 3 is 2.23 bits per heavy atom. The number of hydrogen-bond donors (Lipinski definition) is 2.